The molecule has 2 heterocycles. The maximum atomic E-state index is 5.48. The van der Waals surface area contributed by atoms with E-state index in [1.165, 1.54) is 6.39 Å². The van der Waals surface area contributed by atoms with Gasteiger partial charge in [-0.1, -0.05) is 42.4 Å². The lowest BCUT2D eigenvalue weighted by Crippen LogP contribution is -1.99. The van der Waals surface area contributed by atoms with Gasteiger partial charge in [0.2, 0.25) is 11.7 Å². The van der Waals surface area contributed by atoms with Crippen molar-refractivity contribution >= 4 is 0 Å². The number of aromatic nitrogens is 3. The van der Waals surface area contributed by atoms with Gasteiger partial charge < -0.3 is 8.94 Å². The number of hydrogen-bond donors (Lipinski definition) is 0. The molecule has 1 saturated carbocycles. The van der Waals surface area contributed by atoms with E-state index in [4.69, 9.17) is 8.94 Å². The molecule has 0 aliphatic heterocycles. The van der Waals surface area contributed by atoms with Crippen molar-refractivity contribution in [2.75, 3.05) is 0 Å². The topological polar surface area (TPSA) is 65.0 Å². The van der Waals surface area contributed by atoms with E-state index in [1.807, 2.05) is 30.3 Å². The van der Waals surface area contributed by atoms with E-state index in [1.54, 1.807) is 0 Å². The second-order valence-corrected chi connectivity index (χ2v) is 5.38. The maximum absolute atomic E-state index is 5.48. The van der Waals surface area contributed by atoms with Gasteiger partial charge in [-0.15, -0.1) is 0 Å². The molecule has 1 aromatic carbocycles. The fourth-order valence-corrected chi connectivity index (χ4v) is 2.17. The summed E-state index contributed by atoms with van der Waals surface area (Å²) in [5.41, 5.74) is 1.63. The number of benzene rings is 1. The molecule has 5 nitrogen and oxygen atoms in total. The third-order valence-electron chi connectivity index (χ3n) is 3.76. The summed E-state index contributed by atoms with van der Waals surface area (Å²) in [6.07, 6.45) is 3.60. The van der Waals surface area contributed by atoms with Crippen LogP contribution >= 0.6 is 0 Å². The van der Waals surface area contributed by atoms with Gasteiger partial charge in [0.15, 0.2) is 17.8 Å². The highest BCUT2D eigenvalue weighted by Crippen LogP contribution is 2.47. The first-order valence-electron chi connectivity index (χ1n) is 6.60. The predicted octanol–water partition coefficient (Wildman–Crippen LogP) is 3.44. The van der Waals surface area contributed by atoms with E-state index in [2.05, 4.69) is 22.0 Å². The van der Waals surface area contributed by atoms with Gasteiger partial charge in [0.25, 0.3) is 0 Å². The SMILES string of the molecule is CC1(c2nc(-c3ncoc3-c3ccccc3)no2)CC1. The number of oxazole rings is 1. The van der Waals surface area contributed by atoms with E-state index in [9.17, 15) is 0 Å². The molecule has 0 bridgehead atoms. The fourth-order valence-electron chi connectivity index (χ4n) is 2.17. The molecule has 0 saturated heterocycles. The molecule has 20 heavy (non-hydrogen) atoms. The van der Waals surface area contributed by atoms with Crippen molar-refractivity contribution in [1.29, 1.82) is 0 Å². The third-order valence-corrected chi connectivity index (χ3v) is 3.76. The molecule has 2 aromatic heterocycles. The van der Waals surface area contributed by atoms with Crippen LogP contribution in [0.5, 0.6) is 0 Å². The van der Waals surface area contributed by atoms with Crippen LogP contribution < -0.4 is 0 Å². The Morgan fingerprint density at radius 2 is 1.95 bits per heavy atom. The largest absolute Gasteiger partial charge is 0.443 e. The van der Waals surface area contributed by atoms with Crippen molar-refractivity contribution in [3.05, 3.63) is 42.6 Å². The van der Waals surface area contributed by atoms with E-state index in [0.29, 0.717) is 23.2 Å². The lowest BCUT2D eigenvalue weighted by Gasteiger charge is -1.98. The molecule has 0 spiro atoms. The Hall–Kier alpha value is -2.43. The highest BCUT2D eigenvalue weighted by Gasteiger charge is 2.44. The number of hydrogen-bond acceptors (Lipinski definition) is 5. The molecule has 1 aliphatic carbocycles. The van der Waals surface area contributed by atoms with Crippen molar-refractivity contribution in [2.45, 2.75) is 25.2 Å². The molecule has 1 fully saturated rings. The summed E-state index contributed by atoms with van der Waals surface area (Å²) in [6.45, 7) is 2.13. The van der Waals surface area contributed by atoms with E-state index < -0.39 is 0 Å². The zero-order valence-electron chi connectivity index (χ0n) is 11.0. The van der Waals surface area contributed by atoms with E-state index >= 15 is 0 Å². The lowest BCUT2D eigenvalue weighted by atomic mass is 10.1. The van der Waals surface area contributed by atoms with Crippen LogP contribution in [0.15, 0.2) is 45.7 Å². The average molecular weight is 267 g/mol. The summed E-state index contributed by atoms with van der Waals surface area (Å²) in [5.74, 6) is 1.84. The molecule has 0 unspecified atom stereocenters. The van der Waals surface area contributed by atoms with Gasteiger partial charge in [-0.2, -0.15) is 4.98 Å². The van der Waals surface area contributed by atoms with Crippen LogP contribution in [0.3, 0.4) is 0 Å². The minimum Gasteiger partial charge on any atom is -0.443 e. The van der Waals surface area contributed by atoms with Crippen LogP contribution in [0, 0.1) is 0 Å². The monoisotopic (exact) mass is 267 g/mol. The van der Waals surface area contributed by atoms with Crippen molar-refractivity contribution in [2.24, 2.45) is 0 Å². The minimum absolute atomic E-state index is 0.0574. The third kappa shape index (κ3) is 1.74. The number of nitrogens with zero attached hydrogens (tertiary/aromatic N) is 3. The van der Waals surface area contributed by atoms with E-state index in [-0.39, 0.29) is 5.41 Å². The Bertz CT molecular complexity index is 741. The first-order valence-corrected chi connectivity index (χ1v) is 6.60. The summed E-state index contributed by atoms with van der Waals surface area (Å²) in [7, 11) is 0. The molecule has 5 heteroatoms. The zero-order valence-corrected chi connectivity index (χ0v) is 11.0. The van der Waals surface area contributed by atoms with Gasteiger partial charge >= 0.3 is 0 Å². The Balaban J connectivity index is 1.76. The van der Waals surface area contributed by atoms with Crippen molar-refractivity contribution in [3.63, 3.8) is 0 Å². The van der Waals surface area contributed by atoms with Gasteiger partial charge in [-0.3, -0.25) is 0 Å². The second kappa shape index (κ2) is 4.03. The standard InChI is InChI=1S/C15H13N3O2/c1-15(7-8-15)14-17-13(18-20-14)11-12(19-9-16-11)10-5-3-2-4-6-10/h2-6,9H,7-8H2,1H3. The highest BCUT2D eigenvalue weighted by molar-refractivity contribution is 5.72. The molecule has 0 N–H and O–H groups in total. The van der Waals surface area contributed by atoms with Gasteiger partial charge in [0.05, 0.1) is 0 Å². The molecule has 0 atom stereocenters. The predicted molar refractivity (Wildman–Crippen MR) is 71.8 cm³/mol. The van der Waals surface area contributed by atoms with Crippen molar-refractivity contribution < 1.29 is 8.94 Å². The summed E-state index contributed by atoms with van der Waals surface area (Å²) >= 11 is 0. The van der Waals surface area contributed by atoms with Crippen molar-refractivity contribution in [3.8, 4) is 22.8 Å². The molecular weight excluding hydrogens is 254 g/mol. The molecule has 3 aromatic rings. The average Bonchev–Trinajstić information content (AvgIpc) is 2.95. The molecule has 1 aliphatic rings. The Kier molecular flexibility index (Phi) is 2.30. The molecule has 0 amide bonds. The summed E-state index contributed by atoms with van der Waals surface area (Å²) in [6, 6.07) is 9.80. The number of rotatable bonds is 3. The Labute approximate surface area is 115 Å². The van der Waals surface area contributed by atoms with Crippen LogP contribution in [-0.2, 0) is 5.41 Å². The van der Waals surface area contributed by atoms with Gasteiger partial charge in [0, 0.05) is 11.0 Å². The maximum Gasteiger partial charge on any atom is 0.232 e. The van der Waals surface area contributed by atoms with Crippen LogP contribution in [-0.4, -0.2) is 15.1 Å². The Morgan fingerprint density at radius 3 is 2.70 bits per heavy atom. The molecule has 100 valence electrons. The van der Waals surface area contributed by atoms with Gasteiger partial charge in [-0.05, 0) is 12.8 Å². The summed E-state index contributed by atoms with van der Waals surface area (Å²) in [5, 5.41) is 4.04. The Morgan fingerprint density at radius 1 is 1.15 bits per heavy atom. The lowest BCUT2D eigenvalue weighted by molar-refractivity contribution is 0.353. The first kappa shape index (κ1) is 11.4. The van der Waals surface area contributed by atoms with Crippen LogP contribution in [0.25, 0.3) is 22.8 Å². The van der Waals surface area contributed by atoms with Gasteiger partial charge in [-0.25, -0.2) is 4.98 Å². The van der Waals surface area contributed by atoms with Crippen LogP contribution in [0.4, 0.5) is 0 Å². The normalized spacial score (nSPS) is 16.2. The second-order valence-electron chi connectivity index (χ2n) is 5.38. The molecular formula is C15H13N3O2. The first-order chi connectivity index (χ1) is 9.76. The van der Waals surface area contributed by atoms with Crippen molar-refractivity contribution in [1.82, 2.24) is 15.1 Å². The van der Waals surface area contributed by atoms with Crippen LogP contribution in [0.1, 0.15) is 25.7 Å². The summed E-state index contributed by atoms with van der Waals surface area (Å²) in [4.78, 5) is 8.70. The molecule has 4 rings (SSSR count). The van der Waals surface area contributed by atoms with Crippen LogP contribution in [0.2, 0.25) is 0 Å². The smallest absolute Gasteiger partial charge is 0.232 e. The zero-order chi connectivity index (χ0) is 13.6. The minimum atomic E-state index is 0.0574. The fraction of sp³-hybridized carbons (Fsp3) is 0.267. The highest BCUT2D eigenvalue weighted by atomic mass is 16.5. The summed E-state index contributed by atoms with van der Waals surface area (Å²) < 4.78 is 10.8. The molecule has 0 radical (unpaired) electrons. The quantitative estimate of drug-likeness (QED) is 0.727. The van der Waals surface area contributed by atoms with E-state index in [0.717, 1.165) is 18.4 Å². The van der Waals surface area contributed by atoms with Gasteiger partial charge in [0.1, 0.15) is 0 Å².